The highest BCUT2D eigenvalue weighted by atomic mass is 16.2. The number of nitrogens with zero attached hydrogens (tertiary/aromatic N) is 3. The number of anilines is 1. The molecule has 0 aromatic carbocycles. The first kappa shape index (κ1) is 15.7. The Balaban J connectivity index is 2.01. The average molecular weight is 290 g/mol. The van der Waals surface area contributed by atoms with Gasteiger partial charge in [-0.1, -0.05) is 20.3 Å². The highest BCUT2D eigenvalue weighted by Gasteiger charge is 2.22. The lowest BCUT2D eigenvalue weighted by molar-refractivity contribution is 0.0753. The molecule has 5 heteroatoms. The molecular weight excluding hydrogens is 264 g/mol. The standard InChI is InChI=1S/C16H26N4O/c1-3-8-18-15-12-17-11-14(19-15)16(21)20-9-5-6-13(4-2)7-10-20/h11-13H,3-10H2,1-2H3,(H,18,19). The van der Waals surface area contributed by atoms with Crippen molar-refractivity contribution < 1.29 is 4.79 Å². The van der Waals surface area contributed by atoms with Gasteiger partial charge in [0.25, 0.3) is 5.91 Å². The maximum absolute atomic E-state index is 12.6. The zero-order valence-corrected chi connectivity index (χ0v) is 13.1. The van der Waals surface area contributed by atoms with E-state index >= 15 is 0 Å². The van der Waals surface area contributed by atoms with Gasteiger partial charge in [-0.2, -0.15) is 0 Å². The Bertz CT molecular complexity index is 463. The topological polar surface area (TPSA) is 58.1 Å². The van der Waals surface area contributed by atoms with Gasteiger partial charge in [0.1, 0.15) is 11.5 Å². The predicted octanol–water partition coefficient (Wildman–Crippen LogP) is 2.95. The lowest BCUT2D eigenvalue weighted by Crippen LogP contribution is -2.32. The smallest absolute Gasteiger partial charge is 0.274 e. The SMILES string of the molecule is CCCNc1cncc(C(=O)N2CCCC(CC)CC2)n1. The molecule has 1 aromatic rings. The fraction of sp³-hybridized carbons (Fsp3) is 0.688. The molecule has 1 aliphatic rings. The van der Waals surface area contributed by atoms with E-state index in [2.05, 4.69) is 29.1 Å². The third kappa shape index (κ3) is 4.41. The summed E-state index contributed by atoms with van der Waals surface area (Å²) < 4.78 is 0. The average Bonchev–Trinajstić information content (AvgIpc) is 2.78. The summed E-state index contributed by atoms with van der Waals surface area (Å²) in [5.74, 6) is 1.45. The molecule has 0 spiro atoms. The molecule has 1 aliphatic heterocycles. The fourth-order valence-electron chi connectivity index (χ4n) is 2.75. The van der Waals surface area contributed by atoms with E-state index in [9.17, 15) is 4.79 Å². The third-order valence-corrected chi connectivity index (χ3v) is 4.12. The molecule has 2 rings (SSSR count). The number of carbonyl (C=O) groups excluding carboxylic acids is 1. The van der Waals surface area contributed by atoms with Gasteiger partial charge in [-0.15, -0.1) is 0 Å². The summed E-state index contributed by atoms with van der Waals surface area (Å²) in [4.78, 5) is 23.0. The number of aromatic nitrogens is 2. The molecule has 0 aliphatic carbocycles. The van der Waals surface area contributed by atoms with Crippen molar-refractivity contribution in [3.63, 3.8) is 0 Å². The van der Waals surface area contributed by atoms with E-state index in [-0.39, 0.29) is 5.91 Å². The molecule has 0 saturated carbocycles. The van der Waals surface area contributed by atoms with Crippen LogP contribution in [0.4, 0.5) is 5.82 Å². The monoisotopic (exact) mass is 290 g/mol. The first-order chi connectivity index (χ1) is 10.2. The first-order valence-corrected chi connectivity index (χ1v) is 8.09. The van der Waals surface area contributed by atoms with E-state index < -0.39 is 0 Å². The number of carbonyl (C=O) groups is 1. The van der Waals surface area contributed by atoms with Crippen LogP contribution in [0.2, 0.25) is 0 Å². The van der Waals surface area contributed by atoms with Crippen molar-refractivity contribution in [1.82, 2.24) is 14.9 Å². The zero-order chi connectivity index (χ0) is 15.1. The summed E-state index contributed by atoms with van der Waals surface area (Å²) in [6.45, 7) is 6.84. The molecule has 1 unspecified atom stereocenters. The summed E-state index contributed by atoms with van der Waals surface area (Å²) >= 11 is 0. The minimum atomic E-state index is 0.0133. The summed E-state index contributed by atoms with van der Waals surface area (Å²) in [5.41, 5.74) is 0.450. The van der Waals surface area contributed by atoms with E-state index in [1.54, 1.807) is 12.4 Å². The molecule has 1 fully saturated rings. The molecule has 1 N–H and O–H groups in total. The first-order valence-electron chi connectivity index (χ1n) is 8.09. The number of hydrogen-bond acceptors (Lipinski definition) is 4. The third-order valence-electron chi connectivity index (χ3n) is 4.12. The van der Waals surface area contributed by atoms with Gasteiger partial charge in [-0.25, -0.2) is 4.98 Å². The van der Waals surface area contributed by atoms with Crippen LogP contribution in [-0.4, -0.2) is 40.4 Å². The normalized spacial score (nSPS) is 19.1. The van der Waals surface area contributed by atoms with E-state index in [1.807, 2.05) is 4.90 Å². The summed E-state index contributed by atoms with van der Waals surface area (Å²) in [5, 5.41) is 3.18. The molecule has 0 radical (unpaired) electrons. The van der Waals surface area contributed by atoms with E-state index in [0.717, 1.165) is 44.8 Å². The highest BCUT2D eigenvalue weighted by molar-refractivity contribution is 5.92. The fourth-order valence-corrected chi connectivity index (χ4v) is 2.75. The predicted molar refractivity (Wildman–Crippen MR) is 84.3 cm³/mol. The van der Waals surface area contributed by atoms with Crippen LogP contribution in [0.1, 0.15) is 56.4 Å². The van der Waals surface area contributed by atoms with Gasteiger partial charge in [0.05, 0.1) is 12.4 Å². The van der Waals surface area contributed by atoms with E-state index in [0.29, 0.717) is 11.5 Å². The van der Waals surface area contributed by atoms with Crippen LogP contribution in [-0.2, 0) is 0 Å². The summed E-state index contributed by atoms with van der Waals surface area (Å²) in [6.07, 6.45) is 8.88. The second-order valence-electron chi connectivity index (χ2n) is 5.71. The maximum atomic E-state index is 12.6. The van der Waals surface area contributed by atoms with Crippen LogP contribution in [0.3, 0.4) is 0 Å². The Morgan fingerprint density at radius 1 is 1.33 bits per heavy atom. The Hall–Kier alpha value is -1.65. The van der Waals surface area contributed by atoms with Crippen LogP contribution in [0, 0.1) is 5.92 Å². The van der Waals surface area contributed by atoms with Gasteiger partial charge in [-0.3, -0.25) is 9.78 Å². The van der Waals surface area contributed by atoms with Gasteiger partial charge in [0.15, 0.2) is 0 Å². The number of rotatable bonds is 5. The van der Waals surface area contributed by atoms with Gasteiger partial charge in [0, 0.05) is 19.6 Å². The number of hydrogen-bond donors (Lipinski definition) is 1. The minimum absolute atomic E-state index is 0.0133. The van der Waals surface area contributed by atoms with Crippen molar-refractivity contribution in [2.75, 3.05) is 25.0 Å². The molecule has 5 nitrogen and oxygen atoms in total. The van der Waals surface area contributed by atoms with Gasteiger partial charge in [0.2, 0.25) is 0 Å². The second kappa shape index (κ2) is 7.96. The minimum Gasteiger partial charge on any atom is -0.369 e. The van der Waals surface area contributed by atoms with Crippen molar-refractivity contribution in [3.05, 3.63) is 18.1 Å². The molecule has 1 aromatic heterocycles. The Morgan fingerprint density at radius 2 is 2.19 bits per heavy atom. The summed E-state index contributed by atoms with van der Waals surface area (Å²) in [6, 6.07) is 0. The molecular formula is C16H26N4O. The van der Waals surface area contributed by atoms with Crippen LogP contribution >= 0.6 is 0 Å². The second-order valence-corrected chi connectivity index (χ2v) is 5.71. The largest absolute Gasteiger partial charge is 0.369 e. The van der Waals surface area contributed by atoms with Crippen LogP contribution in [0.25, 0.3) is 0 Å². The number of nitrogens with one attached hydrogen (secondary N) is 1. The Kier molecular flexibility index (Phi) is 5.96. The molecule has 1 amide bonds. The lowest BCUT2D eigenvalue weighted by atomic mass is 9.98. The Morgan fingerprint density at radius 3 is 2.95 bits per heavy atom. The van der Waals surface area contributed by atoms with Crippen molar-refractivity contribution in [2.45, 2.75) is 46.0 Å². The lowest BCUT2D eigenvalue weighted by Gasteiger charge is -2.20. The maximum Gasteiger partial charge on any atom is 0.274 e. The highest BCUT2D eigenvalue weighted by Crippen LogP contribution is 2.21. The molecule has 0 bridgehead atoms. The van der Waals surface area contributed by atoms with E-state index in [4.69, 9.17) is 0 Å². The van der Waals surface area contributed by atoms with Crippen molar-refractivity contribution >= 4 is 11.7 Å². The molecule has 1 saturated heterocycles. The number of amides is 1. The van der Waals surface area contributed by atoms with Gasteiger partial charge in [-0.05, 0) is 31.6 Å². The Labute approximate surface area is 127 Å². The number of likely N-dealkylation sites (tertiary alicyclic amines) is 1. The van der Waals surface area contributed by atoms with Crippen LogP contribution in [0.5, 0.6) is 0 Å². The van der Waals surface area contributed by atoms with Crippen molar-refractivity contribution in [1.29, 1.82) is 0 Å². The van der Waals surface area contributed by atoms with Crippen molar-refractivity contribution in [2.24, 2.45) is 5.92 Å². The van der Waals surface area contributed by atoms with Crippen LogP contribution < -0.4 is 5.32 Å². The van der Waals surface area contributed by atoms with Gasteiger partial charge >= 0.3 is 0 Å². The molecule has 116 valence electrons. The van der Waals surface area contributed by atoms with Crippen molar-refractivity contribution in [3.8, 4) is 0 Å². The summed E-state index contributed by atoms with van der Waals surface area (Å²) in [7, 11) is 0. The van der Waals surface area contributed by atoms with E-state index in [1.165, 1.54) is 12.8 Å². The van der Waals surface area contributed by atoms with Crippen LogP contribution in [0.15, 0.2) is 12.4 Å². The molecule has 1 atom stereocenters. The zero-order valence-electron chi connectivity index (χ0n) is 13.1. The quantitative estimate of drug-likeness (QED) is 0.906. The van der Waals surface area contributed by atoms with Gasteiger partial charge < -0.3 is 10.2 Å². The molecule has 21 heavy (non-hydrogen) atoms. The molecule has 2 heterocycles.